The molecule has 0 saturated heterocycles. The molecule has 0 atom stereocenters. The molecule has 1 aromatic heterocycles. The van der Waals surface area contributed by atoms with Crippen molar-refractivity contribution in [1.29, 1.82) is 0 Å². The number of carbonyl (C=O) groups is 2. The summed E-state index contributed by atoms with van der Waals surface area (Å²) in [5.74, 6) is -0.681. The van der Waals surface area contributed by atoms with Crippen LogP contribution in [-0.2, 0) is 4.74 Å². The van der Waals surface area contributed by atoms with Crippen LogP contribution in [0.2, 0.25) is 0 Å². The topological polar surface area (TPSA) is 90.3 Å². The largest absolute Gasteiger partial charge is 0.462 e. The molecule has 166 valence electrons. The van der Waals surface area contributed by atoms with Crippen LogP contribution in [0, 0.1) is 0 Å². The SMILES string of the molecule is CCCCOC(=O)c1ccc(NC(=O)c2ccc(-n3cnc4ccccc4c3=O)cc2)cc1. The molecule has 3 aromatic carbocycles. The first kappa shape index (κ1) is 22.0. The fourth-order valence-electron chi connectivity index (χ4n) is 3.31. The van der Waals surface area contributed by atoms with E-state index in [0.717, 1.165) is 12.8 Å². The Bertz CT molecular complexity index is 1340. The number of rotatable bonds is 7. The number of nitrogens with one attached hydrogen (secondary N) is 1. The minimum Gasteiger partial charge on any atom is -0.462 e. The van der Waals surface area contributed by atoms with Crippen molar-refractivity contribution in [2.45, 2.75) is 19.8 Å². The molecule has 0 aliphatic rings. The number of benzene rings is 3. The standard InChI is InChI=1S/C26H23N3O4/c1-2-3-16-33-26(32)19-8-12-20(13-9-19)28-24(30)18-10-14-21(15-11-18)29-17-27-23-7-5-4-6-22(23)25(29)31/h4-15,17H,2-3,16H2,1H3,(H,28,30). The van der Waals surface area contributed by atoms with E-state index in [1.165, 1.54) is 10.9 Å². The highest BCUT2D eigenvalue weighted by molar-refractivity contribution is 6.04. The van der Waals surface area contributed by atoms with Gasteiger partial charge in [-0.05, 0) is 67.1 Å². The number of amides is 1. The average Bonchev–Trinajstić information content (AvgIpc) is 2.85. The van der Waals surface area contributed by atoms with Gasteiger partial charge in [-0.2, -0.15) is 0 Å². The van der Waals surface area contributed by atoms with Gasteiger partial charge < -0.3 is 10.1 Å². The lowest BCUT2D eigenvalue weighted by atomic mass is 10.1. The maximum Gasteiger partial charge on any atom is 0.338 e. The molecular formula is C26H23N3O4. The van der Waals surface area contributed by atoms with E-state index in [0.29, 0.717) is 40.0 Å². The maximum atomic E-state index is 12.7. The smallest absolute Gasteiger partial charge is 0.338 e. The number of anilines is 1. The molecule has 7 heteroatoms. The van der Waals surface area contributed by atoms with Crippen LogP contribution in [0.5, 0.6) is 0 Å². The van der Waals surface area contributed by atoms with Crippen LogP contribution in [0.25, 0.3) is 16.6 Å². The highest BCUT2D eigenvalue weighted by atomic mass is 16.5. The fourth-order valence-corrected chi connectivity index (χ4v) is 3.31. The third-order valence-electron chi connectivity index (χ3n) is 5.18. The second kappa shape index (κ2) is 9.91. The minimum atomic E-state index is -0.379. The van der Waals surface area contributed by atoms with Gasteiger partial charge in [0.25, 0.3) is 11.5 Å². The number of esters is 1. The first-order chi connectivity index (χ1) is 16.1. The van der Waals surface area contributed by atoms with Gasteiger partial charge in [-0.25, -0.2) is 9.78 Å². The van der Waals surface area contributed by atoms with Crippen LogP contribution in [0.15, 0.2) is 83.9 Å². The Labute approximate surface area is 190 Å². The highest BCUT2D eigenvalue weighted by Gasteiger charge is 2.10. The molecular weight excluding hydrogens is 418 g/mol. The molecule has 4 aromatic rings. The van der Waals surface area contributed by atoms with Gasteiger partial charge in [0, 0.05) is 11.3 Å². The molecule has 7 nitrogen and oxygen atoms in total. The normalized spacial score (nSPS) is 10.7. The number of carbonyl (C=O) groups excluding carboxylic acids is 2. The number of hydrogen-bond acceptors (Lipinski definition) is 5. The van der Waals surface area contributed by atoms with Gasteiger partial charge in [-0.1, -0.05) is 25.5 Å². The number of fused-ring (bicyclic) bond motifs is 1. The molecule has 0 saturated carbocycles. The van der Waals surface area contributed by atoms with Gasteiger partial charge in [0.1, 0.15) is 6.33 Å². The Morgan fingerprint density at radius 2 is 1.64 bits per heavy atom. The number of unbranched alkanes of at least 4 members (excludes halogenated alkanes) is 1. The van der Waals surface area contributed by atoms with Gasteiger partial charge in [0.2, 0.25) is 0 Å². The molecule has 1 N–H and O–H groups in total. The van der Waals surface area contributed by atoms with Crippen molar-refractivity contribution in [2.24, 2.45) is 0 Å². The Kier molecular flexibility index (Phi) is 6.59. The number of nitrogens with zero attached hydrogens (tertiary/aromatic N) is 2. The Morgan fingerprint density at radius 1 is 0.939 bits per heavy atom. The summed E-state index contributed by atoms with van der Waals surface area (Å²) in [6, 6.07) is 20.4. The van der Waals surface area contributed by atoms with Crippen LogP contribution >= 0.6 is 0 Å². The molecule has 33 heavy (non-hydrogen) atoms. The molecule has 0 unspecified atom stereocenters. The van der Waals surface area contributed by atoms with Crippen molar-refractivity contribution >= 4 is 28.5 Å². The summed E-state index contributed by atoms with van der Waals surface area (Å²) in [5, 5.41) is 3.33. The lowest BCUT2D eigenvalue weighted by Crippen LogP contribution is -2.19. The zero-order chi connectivity index (χ0) is 23.2. The summed E-state index contributed by atoms with van der Waals surface area (Å²) < 4.78 is 6.63. The summed E-state index contributed by atoms with van der Waals surface area (Å²) in [4.78, 5) is 41.7. The van der Waals surface area contributed by atoms with E-state index in [9.17, 15) is 14.4 Å². The van der Waals surface area contributed by atoms with Gasteiger partial charge in [-0.15, -0.1) is 0 Å². The van der Waals surface area contributed by atoms with E-state index in [4.69, 9.17) is 4.74 Å². The van der Waals surface area contributed by atoms with Crippen molar-refractivity contribution in [3.8, 4) is 5.69 Å². The van der Waals surface area contributed by atoms with Crippen LogP contribution in [0.1, 0.15) is 40.5 Å². The van der Waals surface area contributed by atoms with Crippen LogP contribution < -0.4 is 10.9 Å². The fraction of sp³-hybridized carbons (Fsp3) is 0.154. The lowest BCUT2D eigenvalue weighted by molar-refractivity contribution is 0.0499. The predicted molar refractivity (Wildman–Crippen MR) is 127 cm³/mol. The number of aromatic nitrogens is 2. The molecule has 0 radical (unpaired) electrons. The van der Waals surface area contributed by atoms with Crippen LogP contribution in [0.4, 0.5) is 5.69 Å². The van der Waals surface area contributed by atoms with E-state index in [2.05, 4.69) is 10.3 Å². The van der Waals surface area contributed by atoms with Crippen molar-refractivity contribution in [2.75, 3.05) is 11.9 Å². The minimum absolute atomic E-state index is 0.175. The van der Waals surface area contributed by atoms with Gasteiger partial charge in [0.15, 0.2) is 0 Å². The van der Waals surface area contributed by atoms with E-state index >= 15 is 0 Å². The zero-order valence-electron chi connectivity index (χ0n) is 18.2. The highest BCUT2D eigenvalue weighted by Crippen LogP contribution is 2.15. The zero-order valence-corrected chi connectivity index (χ0v) is 18.2. The first-order valence-electron chi connectivity index (χ1n) is 10.7. The quantitative estimate of drug-likeness (QED) is 0.335. The molecule has 1 amide bonds. The number of ether oxygens (including phenoxy) is 1. The second-order valence-corrected chi connectivity index (χ2v) is 7.50. The Hall–Kier alpha value is -4.26. The third kappa shape index (κ3) is 4.98. The molecule has 0 aliphatic carbocycles. The summed E-state index contributed by atoms with van der Waals surface area (Å²) in [6.45, 7) is 2.42. The van der Waals surface area contributed by atoms with Crippen molar-refractivity contribution in [1.82, 2.24) is 9.55 Å². The van der Waals surface area contributed by atoms with Gasteiger partial charge in [-0.3, -0.25) is 14.2 Å². The number of hydrogen-bond donors (Lipinski definition) is 1. The molecule has 1 heterocycles. The van der Waals surface area contributed by atoms with Crippen molar-refractivity contribution in [3.05, 3.63) is 101 Å². The molecule has 0 aliphatic heterocycles. The molecule has 0 fully saturated rings. The van der Waals surface area contributed by atoms with E-state index in [-0.39, 0.29) is 17.4 Å². The second-order valence-electron chi connectivity index (χ2n) is 7.50. The molecule has 4 rings (SSSR count). The van der Waals surface area contributed by atoms with Crippen LogP contribution in [-0.4, -0.2) is 28.0 Å². The van der Waals surface area contributed by atoms with E-state index in [1.54, 1.807) is 66.7 Å². The monoisotopic (exact) mass is 441 g/mol. The summed E-state index contributed by atoms with van der Waals surface area (Å²) >= 11 is 0. The Morgan fingerprint density at radius 3 is 2.36 bits per heavy atom. The van der Waals surface area contributed by atoms with Gasteiger partial charge in [0.05, 0.1) is 28.8 Å². The third-order valence-corrected chi connectivity index (χ3v) is 5.18. The van der Waals surface area contributed by atoms with Gasteiger partial charge >= 0.3 is 5.97 Å². The van der Waals surface area contributed by atoms with E-state index < -0.39 is 0 Å². The van der Waals surface area contributed by atoms with Crippen molar-refractivity contribution < 1.29 is 14.3 Å². The van der Waals surface area contributed by atoms with Crippen LogP contribution in [0.3, 0.4) is 0 Å². The van der Waals surface area contributed by atoms with Crippen molar-refractivity contribution in [3.63, 3.8) is 0 Å². The maximum absolute atomic E-state index is 12.7. The first-order valence-corrected chi connectivity index (χ1v) is 10.7. The lowest BCUT2D eigenvalue weighted by Gasteiger charge is -2.09. The Balaban J connectivity index is 1.44. The number of para-hydroxylation sites is 1. The summed E-state index contributed by atoms with van der Waals surface area (Å²) in [5.41, 5.74) is 2.50. The summed E-state index contributed by atoms with van der Waals surface area (Å²) in [6.07, 6.45) is 3.26. The summed E-state index contributed by atoms with van der Waals surface area (Å²) in [7, 11) is 0. The van der Waals surface area contributed by atoms with E-state index in [1.807, 2.05) is 13.0 Å². The molecule has 0 spiro atoms. The predicted octanol–water partition coefficient (Wildman–Crippen LogP) is 4.59. The average molecular weight is 441 g/mol. The molecule has 0 bridgehead atoms.